The van der Waals surface area contributed by atoms with Gasteiger partial charge in [-0.25, -0.2) is 9.59 Å². The second-order valence-electron chi connectivity index (χ2n) is 7.99. The second kappa shape index (κ2) is 10.0. The maximum Gasteiger partial charge on any atom is 0.338 e. The molecule has 0 saturated heterocycles. The van der Waals surface area contributed by atoms with E-state index in [2.05, 4.69) is 10.6 Å². The van der Waals surface area contributed by atoms with Gasteiger partial charge in [-0.05, 0) is 42.7 Å². The van der Waals surface area contributed by atoms with Gasteiger partial charge in [0.1, 0.15) is 12.4 Å². The third-order valence-electron chi connectivity index (χ3n) is 5.14. The van der Waals surface area contributed by atoms with Gasteiger partial charge in [0, 0.05) is 0 Å². The molecule has 3 aromatic carbocycles. The zero-order chi connectivity index (χ0) is 23.2. The average molecular weight is 443 g/mol. The Morgan fingerprint density at radius 2 is 1.64 bits per heavy atom. The lowest BCUT2D eigenvalue weighted by molar-refractivity contribution is -0.143. The zero-order valence-corrected chi connectivity index (χ0v) is 18.6. The Labute approximate surface area is 193 Å². The summed E-state index contributed by atoms with van der Waals surface area (Å²) >= 11 is 0. The highest BCUT2D eigenvalue weighted by atomic mass is 16.5. The molecule has 0 radical (unpaired) electrons. The van der Waals surface area contributed by atoms with Gasteiger partial charge in [0.2, 0.25) is 0 Å². The minimum Gasteiger partial charge on any atom is -0.489 e. The van der Waals surface area contributed by atoms with E-state index in [0.29, 0.717) is 23.6 Å². The van der Waals surface area contributed by atoms with Crippen LogP contribution in [0.25, 0.3) is 5.70 Å². The number of carbonyl (C=O) groups is 2. The van der Waals surface area contributed by atoms with E-state index < -0.39 is 18.0 Å². The minimum atomic E-state index is -0.694. The van der Waals surface area contributed by atoms with E-state index in [-0.39, 0.29) is 6.10 Å². The molecule has 3 aromatic rings. The van der Waals surface area contributed by atoms with Crippen molar-refractivity contribution in [3.8, 4) is 5.75 Å². The summed E-state index contributed by atoms with van der Waals surface area (Å²) in [5, 5.41) is 5.67. The van der Waals surface area contributed by atoms with Crippen molar-refractivity contribution in [2.24, 2.45) is 0 Å². The van der Waals surface area contributed by atoms with E-state index in [4.69, 9.17) is 9.47 Å². The van der Waals surface area contributed by atoms with Crippen LogP contribution in [-0.2, 0) is 16.1 Å². The highest BCUT2D eigenvalue weighted by molar-refractivity contribution is 6.04. The molecule has 1 aliphatic heterocycles. The number of rotatable bonds is 7. The number of ether oxygens (including phenoxy) is 2. The number of benzene rings is 3. The lowest BCUT2D eigenvalue weighted by Gasteiger charge is -2.30. The highest BCUT2D eigenvalue weighted by Gasteiger charge is 2.35. The molecule has 1 atom stereocenters. The Kier molecular flexibility index (Phi) is 6.74. The highest BCUT2D eigenvalue weighted by Crippen LogP contribution is 2.33. The molecule has 0 fully saturated rings. The van der Waals surface area contributed by atoms with Gasteiger partial charge in [0.15, 0.2) is 0 Å². The molecule has 0 bridgehead atoms. The molecule has 6 nitrogen and oxygen atoms in total. The molecule has 0 spiro atoms. The van der Waals surface area contributed by atoms with Gasteiger partial charge in [-0.2, -0.15) is 0 Å². The fourth-order valence-corrected chi connectivity index (χ4v) is 3.67. The molecule has 2 N–H and O–H groups in total. The number of esters is 1. The number of hydrogen-bond acceptors (Lipinski definition) is 4. The Morgan fingerprint density at radius 3 is 2.33 bits per heavy atom. The Hall–Kier alpha value is -4.06. The Bertz CT molecular complexity index is 1160. The van der Waals surface area contributed by atoms with Gasteiger partial charge in [-0.1, -0.05) is 72.8 Å². The van der Waals surface area contributed by atoms with Crippen LogP contribution >= 0.6 is 0 Å². The van der Waals surface area contributed by atoms with Crippen LogP contribution in [-0.4, -0.2) is 18.1 Å². The molecule has 0 aliphatic carbocycles. The van der Waals surface area contributed by atoms with Crippen LogP contribution in [0, 0.1) is 0 Å². The van der Waals surface area contributed by atoms with Crippen LogP contribution in [0.1, 0.15) is 36.6 Å². The lowest BCUT2D eigenvalue weighted by Crippen LogP contribution is -2.45. The average Bonchev–Trinajstić information content (AvgIpc) is 2.83. The number of amides is 2. The first-order valence-electron chi connectivity index (χ1n) is 10.9. The summed E-state index contributed by atoms with van der Waals surface area (Å²) in [5.41, 5.74) is 3.27. The molecule has 33 heavy (non-hydrogen) atoms. The molecule has 2 amide bonds. The first kappa shape index (κ1) is 22.1. The molecule has 1 unspecified atom stereocenters. The standard InChI is InChI=1S/C27H26N2O4/c1-18(2)33-26(30)23-24(20-12-7-4-8-13-20)28-27(31)29-25(23)21-14-9-15-22(16-21)32-17-19-10-5-3-6-11-19/h3-16,18,25H,17H2,1-2H3,(H2,28,29,31). The molecule has 1 aliphatic rings. The summed E-state index contributed by atoms with van der Waals surface area (Å²) in [7, 11) is 0. The smallest absolute Gasteiger partial charge is 0.338 e. The molecular formula is C27H26N2O4. The third-order valence-corrected chi connectivity index (χ3v) is 5.14. The summed E-state index contributed by atoms with van der Waals surface area (Å²) in [4.78, 5) is 25.8. The number of carbonyl (C=O) groups excluding carboxylic acids is 2. The Balaban J connectivity index is 1.71. The summed E-state index contributed by atoms with van der Waals surface area (Å²) in [6.45, 7) is 4.00. The summed E-state index contributed by atoms with van der Waals surface area (Å²) in [5.74, 6) is 0.152. The van der Waals surface area contributed by atoms with E-state index >= 15 is 0 Å². The van der Waals surface area contributed by atoms with E-state index in [9.17, 15) is 9.59 Å². The fraction of sp³-hybridized carbons (Fsp3) is 0.185. The van der Waals surface area contributed by atoms with Crippen LogP contribution in [0.4, 0.5) is 4.79 Å². The van der Waals surface area contributed by atoms with Crippen LogP contribution < -0.4 is 15.4 Å². The van der Waals surface area contributed by atoms with Gasteiger partial charge >= 0.3 is 12.0 Å². The second-order valence-corrected chi connectivity index (χ2v) is 7.99. The topological polar surface area (TPSA) is 76.7 Å². The van der Waals surface area contributed by atoms with Crippen molar-refractivity contribution in [2.45, 2.75) is 32.6 Å². The molecule has 168 valence electrons. The maximum atomic E-state index is 13.2. The van der Waals surface area contributed by atoms with Crippen LogP contribution in [0.2, 0.25) is 0 Å². The number of urea groups is 1. The summed E-state index contributed by atoms with van der Waals surface area (Å²) in [6, 6.07) is 25.5. The third kappa shape index (κ3) is 5.41. The lowest BCUT2D eigenvalue weighted by atomic mass is 9.92. The van der Waals surface area contributed by atoms with Gasteiger partial charge < -0.3 is 20.1 Å². The molecule has 4 rings (SSSR count). The van der Waals surface area contributed by atoms with Gasteiger partial charge in [-0.15, -0.1) is 0 Å². The van der Waals surface area contributed by atoms with Crippen LogP contribution in [0.15, 0.2) is 90.5 Å². The van der Waals surface area contributed by atoms with E-state index in [1.165, 1.54) is 0 Å². The molecule has 0 saturated carbocycles. The normalized spacial score (nSPS) is 15.6. The largest absolute Gasteiger partial charge is 0.489 e. The predicted molar refractivity (Wildman–Crippen MR) is 126 cm³/mol. The van der Waals surface area contributed by atoms with Crippen molar-refractivity contribution >= 4 is 17.7 Å². The van der Waals surface area contributed by atoms with Crippen molar-refractivity contribution in [3.63, 3.8) is 0 Å². The van der Waals surface area contributed by atoms with Crippen molar-refractivity contribution in [2.75, 3.05) is 0 Å². The van der Waals surface area contributed by atoms with E-state index in [0.717, 1.165) is 16.7 Å². The molecule has 0 aromatic heterocycles. The van der Waals surface area contributed by atoms with E-state index in [1.54, 1.807) is 13.8 Å². The predicted octanol–water partition coefficient (Wildman–Crippen LogP) is 4.98. The quantitative estimate of drug-likeness (QED) is 0.506. The van der Waals surface area contributed by atoms with Crippen LogP contribution in [0.3, 0.4) is 0 Å². The summed E-state index contributed by atoms with van der Waals surface area (Å²) < 4.78 is 11.5. The van der Waals surface area contributed by atoms with Gasteiger partial charge in [0.25, 0.3) is 0 Å². The maximum absolute atomic E-state index is 13.2. The zero-order valence-electron chi connectivity index (χ0n) is 18.6. The summed E-state index contributed by atoms with van der Waals surface area (Å²) in [6.07, 6.45) is -0.305. The molecule has 6 heteroatoms. The number of nitrogens with one attached hydrogen (secondary N) is 2. The fourth-order valence-electron chi connectivity index (χ4n) is 3.67. The first-order chi connectivity index (χ1) is 16.0. The van der Waals surface area contributed by atoms with Gasteiger partial charge in [0.05, 0.1) is 23.4 Å². The van der Waals surface area contributed by atoms with Crippen molar-refractivity contribution < 1.29 is 19.1 Å². The van der Waals surface area contributed by atoms with Gasteiger partial charge in [-0.3, -0.25) is 0 Å². The van der Waals surface area contributed by atoms with Crippen molar-refractivity contribution in [1.82, 2.24) is 10.6 Å². The Morgan fingerprint density at radius 1 is 0.939 bits per heavy atom. The molecular weight excluding hydrogens is 416 g/mol. The first-order valence-corrected chi connectivity index (χ1v) is 10.9. The molecule has 1 heterocycles. The van der Waals surface area contributed by atoms with Crippen LogP contribution in [0.5, 0.6) is 5.75 Å². The van der Waals surface area contributed by atoms with E-state index in [1.807, 2.05) is 84.9 Å². The van der Waals surface area contributed by atoms with Crippen molar-refractivity contribution in [3.05, 3.63) is 107 Å². The minimum absolute atomic E-state index is 0.305. The SMILES string of the molecule is CC(C)OC(=O)C1=C(c2ccccc2)NC(=O)NC1c1cccc(OCc2ccccc2)c1. The monoisotopic (exact) mass is 442 g/mol. The van der Waals surface area contributed by atoms with Crippen molar-refractivity contribution in [1.29, 1.82) is 0 Å². The number of hydrogen-bond donors (Lipinski definition) is 2.